The largest absolute Gasteiger partial charge is 0.497 e. The standard InChI is InChI=1S/C20H26N4O3/c1-14-21-9-11-23(14)10-8-20(26)24-12-18(19(13-24)22-15(2)25)16-4-6-17(27-3)7-5-16/h4-7,9,11,18-19H,8,10,12-13H2,1-3H3,(H,22,25). The van der Waals surface area contributed by atoms with Crippen molar-refractivity contribution < 1.29 is 14.3 Å². The zero-order chi connectivity index (χ0) is 19.4. The molecule has 1 N–H and O–H groups in total. The number of likely N-dealkylation sites (tertiary alicyclic amines) is 1. The Balaban J connectivity index is 1.69. The van der Waals surface area contributed by atoms with Crippen LogP contribution < -0.4 is 10.1 Å². The van der Waals surface area contributed by atoms with Crippen molar-refractivity contribution in [2.24, 2.45) is 0 Å². The first-order valence-electron chi connectivity index (χ1n) is 9.14. The predicted octanol–water partition coefficient (Wildman–Crippen LogP) is 1.72. The molecule has 0 saturated carbocycles. The summed E-state index contributed by atoms with van der Waals surface area (Å²) in [5, 5.41) is 3.00. The van der Waals surface area contributed by atoms with E-state index >= 15 is 0 Å². The van der Waals surface area contributed by atoms with Gasteiger partial charge in [-0.3, -0.25) is 9.59 Å². The third-order valence-electron chi connectivity index (χ3n) is 5.10. The molecule has 1 aromatic carbocycles. The van der Waals surface area contributed by atoms with Gasteiger partial charge in [-0.1, -0.05) is 12.1 Å². The number of benzene rings is 1. The van der Waals surface area contributed by atoms with E-state index in [4.69, 9.17) is 4.74 Å². The first-order valence-corrected chi connectivity index (χ1v) is 9.14. The van der Waals surface area contributed by atoms with Crippen LogP contribution in [0.1, 0.15) is 30.7 Å². The maximum atomic E-state index is 12.7. The van der Waals surface area contributed by atoms with Gasteiger partial charge in [0, 0.05) is 51.3 Å². The van der Waals surface area contributed by atoms with Crippen molar-refractivity contribution in [2.75, 3.05) is 20.2 Å². The van der Waals surface area contributed by atoms with Crippen LogP contribution in [-0.4, -0.2) is 52.5 Å². The Morgan fingerprint density at radius 1 is 1.26 bits per heavy atom. The topological polar surface area (TPSA) is 76.5 Å². The summed E-state index contributed by atoms with van der Waals surface area (Å²) < 4.78 is 7.19. The lowest BCUT2D eigenvalue weighted by molar-refractivity contribution is -0.130. The van der Waals surface area contributed by atoms with E-state index in [9.17, 15) is 9.59 Å². The number of amides is 2. The maximum absolute atomic E-state index is 12.7. The van der Waals surface area contributed by atoms with Crippen LogP contribution >= 0.6 is 0 Å². The number of hydrogen-bond acceptors (Lipinski definition) is 4. The molecule has 2 aromatic rings. The molecule has 144 valence electrons. The quantitative estimate of drug-likeness (QED) is 0.840. The van der Waals surface area contributed by atoms with Crippen LogP contribution in [0.4, 0.5) is 0 Å². The lowest BCUT2D eigenvalue weighted by atomic mass is 9.94. The van der Waals surface area contributed by atoms with Crippen molar-refractivity contribution in [1.29, 1.82) is 0 Å². The summed E-state index contributed by atoms with van der Waals surface area (Å²) in [6.45, 7) is 5.17. The number of methoxy groups -OCH3 is 1. The summed E-state index contributed by atoms with van der Waals surface area (Å²) in [5.74, 6) is 1.77. The number of nitrogens with one attached hydrogen (secondary N) is 1. The van der Waals surface area contributed by atoms with Crippen LogP contribution in [0.3, 0.4) is 0 Å². The Morgan fingerprint density at radius 2 is 2.00 bits per heavy atom. The summed E-state index contributed by atoms with van der Waals surface area (Å²) in [5.41, 5.74) is 1.09. The highest BCUT2D eigenvalue weighted by molar-refractivity contribution is 5.77. The summed E-state index contributed by atoms with van der Waals surface area (Å²) >= 11 is 0. The van der Waals surface area contributed by atoms with Gasteiger partial charge in [-0.05, 0) is 24.6 Å². The second-order valence-corrected chi connectivity index (χ2v) is 6.90. The minimum atomic E-state index is -0.0881. The third kappa shape index (κ3) is 4.48. The number of ether oxygens (including phenoxy) is 1. The molecule has 7 nitrogen and oxygen atoms in total. The summed E-state index contributed by atoms with van der Waals surface area (Å²) in [6, 6.07) is 7.73. The molecule has 0 radical (unpaired) electrons. The molecule has 1 aromatic heterocycles. The SMILES string of the molecule is COc1ccc(C2CN(C(=O)CCn3ccnc3C)CC2NC(C)=O)cc1. The molecule has 7 heteroatoms. The molecule has 1 saturated heterocycles. The Morgan fingerprint density at radius 3 is 2.59 bits per heavy atom. The van der Waals surface area contributed by atoms with Gasteiger partial charge in [0.1, 0.15) is 11.6 Å². The van der Waals surface area contributed by atoms with Crippen molar-refractivity contribution in [1.82, 2.24) is 19.8 Å². The number of aromatic nitrogens is 2. The van der Waals surface area contributed by atoms with Gasteiger partial charge in [0.2, 0.25) is 11.8 Å². The second kappa shape index (κ2) is 8.24. The molecule has 2 amide bonds. The molecule has 27 heavy (non-hydrogen) atoms. The molecule has 0 spiro atoms. The van der Waals surface area contributed by atoms with Gasteiger partial charge in [-0.15, -0.1) is 0 Å². The number of hydrogen-bond donors (Lipinski definition) is 1. The molecule has 1 fully saturated rings. The monoisotopic (exact) mass is 370 g/mol. The first kappa shape index (κ1) is 18.9. The fourth-order valence-electron chi connectivity index (χ4n) is 3.62. The normalized spacial score (nSPS) is 19.1. The average Bonchev–Trinajstić information content (AvgIpc) is 3.25. The van der Waals surface area contributed by atoms with E-state index in [2.05, 4.69) is 10.3 Å². The molecule has 3 rings (SSSR count). The highest BCUT2D eigenvalue weighted by Crippen LogP contribution is 2.29. The molecule has 1 aliphatic heterocycles. The van der Waals surface area contributed by atoms with E-state index < -0.39 is 0 Å². The molecule has 2 heterocycles. The van der Waals surface area contributed by atoms with Crippen LogP contribution in [-0.2, 0) is 16.1 Å². The van der Waals surface area contributed by atoms with Crippen LogP contribution in [0.25, 0.3) is 0 Å². The van der Waals surface area contributed by atoms with Crippen molar-refractivity contribution >= 4 is 11.8 Å². The highest BCUT2D eigenvalue weighted by Gasteiger charge is 2.36. The zero-order valence-corrected chi connectivity index (χ0v) is 16.0. The van der Waals surface area contributed by atoms with Crippen LogP contribution in [0, 0.1) is 6.92 Å². The fourth-order valence-corrected chi connectivity index (χ4v) is 3.62. The lowest BCUT2D eigenvalue weighted by Crippen LogP contribution is -2.39. The van der Waals surface area contributed by atoms with Crippen molar-refractivity contribution in [3.8, 4) is 5.75 Å². The summed E-state index contributed by atoms with van der Waals surface area (Å²) in [4.78, 5) is 30.4. The van der Waals surface area contributed by atoms with Gasteiger partial charge in [-0.2, -0.15) is 0 Å². The number of aryl methyl sites for hydroxylation is 2. The Hall–Kier alpha value is -2.83. The van der Waals surface area contributed by atoms with Crippen molar-refractivity contribution in [2.45, 2.75) is 38.8 Å². The summed E-state index contributed by atoms with van der Waals surface area (Å²) in [6.07, 6.45) is 4.04. The van der Waals surface area contributed by atoms with Crippen LogP contribution in [0.2, 0.25) is 0 Å². The molecule has 0 bridgehead atoms. The van der Waals surface area contributed by atoms with Crippen molar-refractivity contribution in [3.63, 3.8) is 0 Å². The Kier molecular flexibility index (Phi) is 5.78. The molecule has 0 aliphatic carbocycles. The number of carbonyl (C=O) groups excluding carboxylic acids is 2. The molecular weight excluding hydrogens is 344 g/mol. The molecule has 1 aliphatic rings. The molecular formula is C20H26N4O3. The van der Waals surface area contributed by atoms with E-state index in [0.29, 0.717) is 26.1 Å². The Bertz CT molecular complexity index is 800. The second-order valence-electron chi connectivity index (χ2n) is 6.90. The highest BCUT2D eigenvalue weighted by atomic mass is 16.5. The van der Waals surface area contributed by atoms with Gasteiger partial charge in [-0.25, -0.2) is 4.98 Å². The van der Waals surface area contributed by atoms with Crippen molar-refractivity contribution in [3.05, 3.63) is 48.0 Å². The van der Waals surface area contributed by atoms with Gasteiger partial charge >= 0.3 is 0 Å². The number of nitrogens with zero attached hydrogens (tertiary/aromatic N) is 3. The van der Waals surface area contributed by atoms with Gasteiger partial charge in [0.15, 0.2) is 0 Å². The molecule has 2 unspecified atom stereocenters. The van der Waals surface area contributed by atoms with Gasteiger partial charge in [0.05, 0.1) is 13.2 Å². The molecule has 2 atom stereocenters. The van der Waals surface area contributed by atoms with Crippen LogP contribution in [0.5, 0.6) is 5.75 Å². The number of imidazole rings is 1. The Labute approximate surface area is 159 Å². The lowest BCUT2D eigenvalue weighted by Gasteiger charge is -2.19. The average molecular weight is 370 g/mol. The maximum Gasteiger partial charge on any atom is 0.224 e. The van der Waals surface area contributed by atoms with E-state index in [1.165, 1.54) is 6.92 Å². The summed E-state index contributed by atoms with van der Waals surface area (Å²) in [7, 11) is 1.63. The van der Waals surface area contributed by atoms with E-state index in [-0.39, 0.29) is 23.8 Å². The first-order chi connectivity index (χ1) is 13.0. The van der Waals surface area contributed by atoms with Crippen LogP contribution in [0.15, 0.2) is 36.7 Å². The minimum Gasteiger partial charge on any atom is -0.497 e. The van der Waals surface area contributed by atoms with E-state index in [1.807, 2.05) is 46.9 Å². The van der Waals surface area contributed by atoms with Gasteiger partial charge in [0.25, 0.3) is 0 Å². The smallest absolute Gasteiger partial charge is 0.224 e. The number of carbonyl (C=O) groups is 2. The van der Waals surface area contributed by atoms with E-state index in [1.54, 1.807) is 13.3 Å². The van der Waals surface area contributed by atoms with E-state index in [0.717, 1.165) is 17.1 Å². The van der Waals surface area contributed by atoms with Gasteiger partial charge < -0.3 is 19.5 Å². The number of rotatable bonds is 6. The zero-order valence-electron chi connectivity index (χ0n) is 16.0. The fraction of sp³-hybridized carbons (Fsp3) is 0.450. The third-order valence-corrected chi connectivity index (χ3v) is 5.10. The predicted molar refractivity (Wildman–Crippen MR) is 102 cm³/mol. The minimum absolute atomic E-state index is 0.0683.